The summed E-state index contributed by atoms with van der Waals surface area (Å²) < 4.78 is 0. The first-order valence-electron chi connectivity index (χ1n) is 6.01. The Labute approximate surface area is 101 Å². The lowest BCUT2D eigenvalue weighted by Crippen LogP contribution is -2.53. The fourth-order valence-corrected chi connectivity index (χ4v) is 2.11. The molecule has 1 unspecified atom stereocenters. The molecule has 3 N–H and O–H groups in total. The van der Waals surface area contributed by atoms with Crippen LogP contribution in [0.15, 0.2) is 0 Å². The first kappa shape index (κ1) is 13.8. The van der Waals surface area contributed by atoms with Gasteiger partial charge in [-0.1, -0.05) is 6.92 Å². The normalized spacial score (nSPS) is 22.0. The monoisotopic (exact) mass is 244 g/mol. The number of aliphatic carboxylic acids is 1. The van der Waals surface area contributed by atoms with Crippen LogP contribution in [0, 0.1) is 0 Å². The predicted molar refractivity (Wildman–Crippen MR) is 61.7 cm³/mol. The number of hydrogen-bond donors (Lipinski definition) is 3. The van der Waals surface area contributed by atoms with E-state index in [1.807, 2.05) is 6.92 Å². The third-order valence-electron chi connectivity index (χ3n) is 3.14. The number of aliphatic hydroxyl groups is 1. The van der Waals surface area contributed by atoms with Gasteiger partial charge in [-0.25, -0.2) is 9.59 Å². The van der Waals surface area contributed by atoms with E-state index in [1.54, 1.807) is 4.90 Å². The Morgan fingerprint density at radius 3 is 2.71 bits per heavy atom. The molecule has 98 valence electrons. The zero-order valence-electron chi connectivity index (χ0n) is 10.1. The zero-order chi connectivity index (χ0) is 12.8. The molecule has 1 fully saturated rings. The molecule has 1 heterocycles. The summed E-state index contributed by atoms with van der Waals surface area (Å²) in [7, 11) is 0. The molecule has 2 amide bonds. The number of carbonyl (C=O) groups is 2. The predicted octanol–water partition coefficient (Wildman–Crippen LogP) is 0.406. The average Bonchev–Trinajstić information content (AvgIpc) is 2.35. The Morgan fingerprint density at radius 1 is 1.47 bits per heavy atom. The molecule has 0 aromatic rings. The smallest absolute Gasteiger partial charge is 0.328 e. The van der Waals surface area contributed by atoms with Crippen LogP contribution in [0.5, 0.6) is 0 Å². The topological polar surface area (TPSA) is 89.9 Å². The van der Waals surface area contributed by atoms with Crippen molar-refractivity contribution in [1.82, 2.24) is 10.2 Å². The number of carbonyl (C=O) groups excluding carboxylic acids is 1. The van der Waals surface area contributed by atoms with Crippen molar-refractivity contribution in [3.05, 3.63) is 0 Å². The highest BCUT2D eigenvalue weighted by atomic mass is 16.4. The summed E-state index contributed by atoms with van der Waals surface area (Å²) in [4.78, 5) is 24.3. The molecular formula is C11H20N2O4. The van der Waals surface area contributed by atoms with Gasteiger partial charge in [0.2, 0.25) is 0 Å². The van der Waals surface area contributed by atoms with Gasteiger partial charge < -0.3 is 20.4 Å². The molecule has 0 radical (unpaired) electrons. The third kappa shape index (κ3) is 3.59. The molecule has 1 saturated heterocycles. The lowest BCUT2D eigenvalue weighted by molar-refractivity contribution is -0.140. The van der Waals surface area contributed by atoms with Gasteiger partial charge in [0, 0.05) is 12.6 Å². The van der Waals surface area contributed by atoms with E-state index in [-0.39, 0.29) is 6.04 Å². The highest BCUT2D eigenvalue weighted by Gasteiger charge is 2.28. The number of carboxylic acids is 1. The number of piperidine rings is 1. The molecule has 17 heavy (non-hydrogen) atoms. The summed E-state index contributed by atoms with van der Waals surface area (Å²) in [6.07, 6.45) is 3.87. The van der Waals surface area contributed by atoms with Gasteiger partial charge in [0.05, 0.1) is 6.61 Å². The van der Waals surface area contributed by atoms with Crippen LogP contribution in [0.25, 0.3) is 0 Å². The van der Waals surface area contributed by atoms with E-state index in [0.29, 0.717) is 6.54 Å². The maximum absolute atomic E-state index is 11.9. The maximum Gasteiger partial charge on any atom is 0.328 e. The summed E-state index contributed by atoms with van der Waals surface area (Å²) >= 11 is 0. The van der Waals surface area contributed by atoms with Crippen LogP contribution in [-0.4, -0.2) is 52.3 Å². The highest BCUT2D eigenvalue weighted by molar-refractivity contribution is 5.82. The van der Waals surface area contributed by atoms with Crippen molar-refractivity contribution in [2.75, 3.05) is 13.2 Å². The van der Waals surface area contributed by atoms with E-state index in [0.717, 1.165) is 25.7 Å². The fourth-order valence-electron chi connectivity index (χ4n) is 2.11. The minimum Gasteiger partial charge on any atom is -0.480 e. The van der Waals surface area contributed by atoms with Crippen molar-refractivity contribution >= 4 is 12.0 Å². The second-order valence-electron chi connectivity index (χ2n) is 4.27. The molecule has 0 saturated carbocycles. The van der Waals surface area contributed by atoms with Gasteiger partial charge in [0.15, 0.2) is 6.04 Å². The average molecular weight is 244 g/mol. The molecular weight excluding hydrogens is 224 g/mol. The Hall–Kier alpha value is -1.30. The van der Waals surface area contributed by atoms with Crippen LogP contribution < -0.4 is 5.32 Å². The summed E-state index contributed by atoms with van der Waals surface area (Å²) in [6, 6.07) is -1.43. The number of nitrogens with zero attached hydrogens (tertiary/aromatic N) is 1. The van der Waals surface area contributed by atoms with Crippen molar-refractivity contribution < 1.29 is 19.8 Å². The second kappa shape index (κ2) is 6.44. The van der Waals surface area contributed by atoms with E-state index in [1.165, 1.54) is 0 Å². The number of carboxylic acid groups (broad SMARTS) is 1. The molecule has 0 aromatic heterocycles. The Morgan fingerprint density at radius 2 is 2.18 bits per heavy atom. The zero-order valence-corrected chi connectivity index (χ0v) is 10.1. The van der Waals surface area contributed by atoms with E-state index < -0.39 is 24.6 Å². The van der Waals surface area contributed by atoms with E-state index in [4.69, 9.17) is 10.2 Å². The van der Waals surface area contributed by atoms with E-state index in [2.05, 4.69) is 5.32 Å². The van der Waals surface area contributed by atoms with Gasteiger partial charge in [0.25, 0.3) is 0 Å². The molecule has 0 spiro atoms. The number of urea groups is 1. The summed E-state index contributed by atoms with van der Waals surface area (Å²) in [5.74, 6) is -1.22. The molecule has 1 aliphatic heterocycles. The fraction of sp³-hybridized carbons (Fsp3) is 0.818. The molecule has 6 heteroatoms. The van der Waals surface area contributed by atoms with Crippen LogP contribution in [0.2, 0.25) is 0 Å². The lowest BCUT2D eigenvalue weighted by Gasteiger charge is -2.35. The van der Waals surface area contributed by atoms with Crippen LogP contribution >= 0.6 is 0 Å². The number of rotatable bonds is 4. The second-order valence-corrected chi connectivity index (χ2v) is 4.27. The Kier molecular flexibility index (Phi) is 5.21. The molecule has 2 atom stereocenters. The van der Waals surface area contributed by atoms with Gasteiger partial charge >= 0.3 is 12.0 Å². The first-order valence-corrected chi connectivity index (χ1v) is 6.01. The Balaban J connectivity index is 2.58. The molecule has 6 nitrogen and oxygen atoms in total. The van der Waals surface area contributed by atoms with Gasteiger partial charge in [-0.15, -0.1) is 0 Å². The van der Waals surface area contributed by atoms with E-state index >= 15 is 0 Å². The number of likely N-dealkylation sites (tertiary alicyclic amines) is 1. The van der Waals surface area contributed by atoms with E-state index in [9.17, 15) is 9.59 Å². The summed E-state index contributed by atoms with van der Waals surface area (Å²) in [5, 5.41) is 19.9. The maximum atomic E-state index is 11.9. The molecule has 0 aliphatic carbocycles. The SMILES string of the molecule is CCC1CCCCN1C(=O)N[C@@H](CO)C(=O)O. The minimum atomic E-state index is -1.22. The number of nitrogens with one attached hydrogen (secondary N) is 1. The molecule has 1 rings (SSSR count). The van der Waals surface area contributed by atoms with Crippen molar-refractivity contribution in [2.45, 2.75) is 44.7 Å². The minimum absolute atomic E-state index is 0.178. The van der Waals surface area contributed by atoms with Crippen LogP contribution in [0.3, 0.4) is 0 Å². The third-order valence-corrected chi connectivity index (χ3v) is 3.14. The quantitative estimate of drug-likeness (QED) is 0.668. The first-order chi connectivity index (χ1) is 8.10. The largest absolute Gasteiger partial charge is 0.480 e. The van der Waals surface area contributed by atoms with Crippen molar-refractivity contribution in [1.29, 1.82) is 0 Å². The summed E-state index contributed by atoms with van der Waals surface area (Å²) in [6.45, 7) is 2.07. The standard InChI is InChI=1S/C11H20N2O4/c1-2-8-5-3-4-6-13(8)11(17)12-9(7-14)10(15)16/h8-9,14H,2-7H2,1H3,(H,12,17)(H,15,16)/t8?,9-/m0/s1. The van der Waals surface area contributed by atoms with Gasteiger partial charge in [-0.2, -0.15) is 0 Å². The van der Waals surface area contributed by atoms with Gasteiger partial charge in [-0.05, 0) is 25.7 Å². The molecule has 1 aliphatic rings. The number of amides is 2. The van der Waals surface area contributed by atoms with Crippen molar-refractivity contribution in [3.8, 4) is 0 Å². The highest BCUT2D eigenvalue weighted by Crippen LogP contribution is 2.19. The van der Waals surface area contributed by atoms with Crippen LogP contribution in [0.1, 0.15) is 32.6 Å². The van der Waals surface area contributed by atoms with Gasteiger partial charge in [-0.3, -0.25) is 0 Å². The van der Waals surface area contributed by atoms with Crippen molar-refractivity contribution in [3.63, 3.8) is 0 Å². The number of aliphatic hydroxyl groups excluding tert-OH is 1. The molecule has 0 aromatic carbocycles. The van der Waals surface area contributed by atoms with Crippen LogP contribution in [0.4, 0.5) is 4.79 Å². The molecule has 0 bridgehead atoms. The van der Waals surface area contributed by atoms with Crippen molar-refractivity contribution in [2.24, 2.45) is 0 Å². The Bertz CT molecular complexity index is 283. The van der Waals surface area contributed by atoms with Crippen LogP contribution in [-0.2, 0) is 4.79 Å². The number of hydrogen-bond acceptors (Lipinski definition) is 3. The lowest BCUT2D eigenvalue weighted by atomic mass is 10.0. The van der Waals surface area contributed by atoms with Gasteiger partial charge in [0.1, 0.15) is 0 Å². The summed E-state index contributed by atoms with van der Waals surface area (Å²) in [5.41, 5.74) is 0.